The van der Waals surface area contributed by atoms with Crippen molar-refractivity contribution in [2.24, 2.45) is 5.92 Å². The van der Waals surface area contributed by atoms with Gasteiger partial charge in [-0.15, -0.1) is 6.42 Å². The van der Waals surface area contributed by atoms with E-state index in [0.29, 0.717) is 22.8 Å². The summed E-state index contributed by atoms with van der Waals surface area (Å²) in [5.41, 5.74) is 5.17. The van der Waals surface area contributed by atoms with E-state index in [0.717, 1.165) is 70.9 Å². The Morgan fingerprint density at radius 3 is 2.63 bits per heavy atom. The highest BCUT2D eigenvalue weighted by Gasteiger charge is 2.24. The van der Waals surface area contributed by atoms with Crippen LogP contribution >= 0.6 is 0 Å². The van der Waals surface area contributed by atoms with Crippen LogP contribution in [0.15, 0.2) is 53.6 Å². The molecule has 0 radical (unpaired) electrons. The van der Waals surface area contributed by atoms with Crippen LogP contribution in [0.1, 0.15) is 43.9 Å². The monoisotopic (exact) mass is 572 g/mol. The average Bonchev–Trinajstić information content (AvgIpc) is 3.31. The number of nitrogens with zero attached hydrogens (tertiary/aromatic N) is 2. The maximum atomic E-state index is 14.2. The lowest BCUT2D eigenvalue weighted by atomic mass is 9.91. The SMILES string of the molecule is C#Cc1ccc2c(c1)[nH]c1c2c(=O)c2cc(CC(C)C)c(-c3cncc(OS(=O)(=O)F)c3)cc2n1C1CCNCC1. The first-order valence-electron chi connectivity index (χ1n) is 13.6. The third-order valence-electron chi connectivity index (χ3n) is 7.66. The van der Waals surface area contributed by atoms with E-state index in [2.05, 4.69) is 43.8 Å². The van der Waals surface area contributed by atoms with Crippen LogP contribution in [0.4, 0.5) is 3.89 Å². The lowest BCUT2D eigenvalue weighted by Crippen LogP contribution is -2.30. The number of benzene rings is 2. The van der Waals surface area contributed by atoms with Crippen molar-refractivity contribution in [3.8, 4) is 29.2 Å². The van der Waals surface area contributed by atoms with Crippen molar-refractivity contribution in [2.45, 2.75) is 39.2 Å². The number of nitrogens with one attached hydrogen (secondary N) is 2. The Balaban J connectivity index is 1.70. The summed E-state index contributed by atoms with van der Waals surface area (Å²) in [6.07, 6.45) is 10.8. The van der Waals surface area contributed by atoms with Gasteiger partial charge in [0.05, 0.1) is 17.1 Å². The van der Waals surface area contributed by atoms with Gasteiger partial charge in [-0.1, -0.05) is 29.7 Å². The number of terminal acetylenes is 1. The van der Waals surface area contributed by atoms with Gasteiger partial charge in [-0.05, 0) is 79.7 Å². The summed E-state index contributed by atoms with van der Waals surface area (Å²) >= 11 is 0. The standard InChI is InChI=1S/C31H29FN4O4S/c1-4-19-5-6-24-27(12-19)35-31-29(24)30(37)26-14-20(11-18(2)3)25(15-28(26)36(31)22-7-9-33-10-8-22)21-13-23(17-34-16-21)40-41(32,38)39/h1,5-6,12-18,22,33,35H,7-11H2,2-3H3. The molecule has 41 heavy (non-hydrogen) atoms. The second kappa shape index (κ2) is 10.3. The number of rotatable bonds is 6. The fourth-order valence-electron chi connectivity index (χ4n) is 6.00. The maximum absolute atomic E-state index is 14.2. The molecule has 1 aliphatic heterocycles. The van der Waals surface area contributed by atoms with Crippen molar-refractivity contribution in [1.82, 2.24) is 19.9 Å². The van der Waals surface area contributed by atoms with Gasteiger partial charge in [0.1, 0.15) is 5.65 Å². The average molecular weight is 573 g/mol. The smallest absolute Gasteiger partial charge is 0.357 e. The molecule has 0 saturated carbocycles. The number of aromatic amines is 1. The molecule has 1 fully saturated rings. The van der Waals surface area contributed by atoms with Crippen LogP contribution in [0, 0.1) is 18.3 Å². The van der Waals surface area contributed by atoms with Gasteiger partial charge in [-0.3, -0.25) is 9.78 Å². The van der Waals surface area contributed by atoms with Gasteiger partial charge in [-0.25, -0.2) is 0 Å². The summed E-state index contributed by atoms with van der Waals surface area (Å²) in [7, 11) is -5.22. The Labute approximate surface area is 237 Å². The molecular formula is C31H29FN4O4S. The van der Waals surface area contributed by atoms with Crippen LogP contribution in [-0.4, -0.2) is 36.0 Å². The molecule has 0 unspecified atom stereocenters. The molecule has 0 amide bonds. The summed E-state index contributed by atoms with van der Waals surface area (Å²) in [5.74, 6) is 2.70. The van der Waals surface area contributed by atoms with E-state index in [-0.39, 0.29) is 23.1 Å². The van der Waals surface area contributed by atoms with Gasteiger partial charge >= 0.3 is 10.5 Å². The fraction of sp³-hybridized carbons (Fsp3) is 0.290. The summed E-state index contributed by atoms with van der Waals surface area (Å²) in [5, 5.41) is 5.47. The van der Waals surface area contributed by atoms with Crippen LogP contribution in [0.5, 0.6) is 5.75 Å². The predicted octanol–water partition coefficient (Wildman–Crippen LogP) is 5.40. The van der Waals surface area contributed by atoms with E-state index >= 15 is 0 Å². The highest BCUT2D eigenvalue weighted by atomic mass is 32.3. The van der Waals surface area contributed by atoms with Crippen LogP contribution < -0.4 is 14.9 Å². The summed E-state index contributed by atoms with van der Waals surface area (Å²) in [4.78, 5) is 21.8. The number of hydrogen-bond donors (Lipinski definition) is 2. The Morgan fingerprint density at radius 2 is 1.93 bits per heavy atom. The molecule has 1 aliphatic rings. The molecule has 6 rings (SSSR count). The highest BCUT2D eigenvalue weighted by molar-refractivity contribution is 7.81. The number of fused-ring (bicyclic) bond motifs is 4. The van der Waals surface area contributed by atoms with Crippen molar-refractivity contribution in [3.63, 3.8) is 0 Å². The zero-order valence-corrected chi connectivity index (χ0v) is 23.5. The van der Waals surface area contributed by atoms with E-state index in [4.69, 9.17) is 6.42 Å². The summed E-state index contributed by atoms with van der Waals surface area (Å²) in [6.45, 7) is 5.86. The van der Waals surface area contributed by atoms with E-state index in [1.807, 2.05) is 30.3 Å². The summed E-state index contributed by atoms with van der Waals surface area (Å²) < 4.78 is 42.3. The van der Waals surface area contributed by atoms with E-state index in [9.17, 15) is 17.1 Å². The number of piperidine rings is 1. The number of H-pyrrole nitrogens is 1. The Kier molecular flexibility index (Phi) is 6.80. The number of aromatic nitrogens is 3. The van der Waals surface area contributed by atoms with Crippen LogP contribution in [0.3, 0.4) is 0 Å². The zero-order chi connectivity index (χ0) is 28.9. The molecule has 8 nitrogen and oxygen atoms in total. The third kappa shape index (κ3) is 5.07. The molecule has 0 bridgehead atoms. The highest BCUT2D eigenvalue weighted by Crippen LogP contribution is 2.36. The van der Waals surface area contributed by atoms with E-state index in [1.54, 1.807) is 6.20 Å². The molecule has 1 saturated heterocycles. The normalized spacial score (nSPS) is 14.7. The Hall–Kier alpha value is -4.20. The molecular weight excluding hydrogens is 543 g/mol. The van der Waals surface area contributed by atoms with Crippen molar-refractivity contribution < 1.29 is 16.5 Å². The molecule has 5 aromatic rings. The minimum atomic E-state index is -5.22. The Bertz CT molecular complexity index is 2030. The largest absolute Gasteiger partial charge is 0.488 e. The van der Waals surface area contributed by atoms with Gasteiger partial charge < -0.3 is 19.1 Å². The molecule has 0 atom stereocenters. The number of halogens is 1. The maximum Gasteiger partial charge on any atom is 0.488 e. The van der Waals surface area contributed by atoms with Crippen LogP contribution in [0.25, 0.3) is 44.0 Å². The van der Waals surface area contributed by atoms with Crippen LogP contribution in [0.2, 0.25) is 0 Å². The first kappa shape index (κ1) is 27.0. The molecule has 2 aromatic carbocycles. The molecule has 0 aliphatic carbocycles. The quantitative estimate of drug-likeness (QED) is 0.209. The zero-order valence-electron chi connectivity index (χ0n) is 22.7. The van der Waals surface area contributed by atoms with Gasteiger partial charge in [0, 0.05) is 39.7 Å². The minimum absolute atomic E-state index is 0.0739. The fourth-order valence-corrected chi connectivity index (χ4v) is 6.32. The van der Waals surface area contributed by atoms with E-state index in [1.165, 1.54) is 6.07 Å². The van der Waals surface area contributed by atoms with Gasteiger partial charge in [-0.2, -0.15) is 8.42 Å². The number of hydrogen-bond acceptors (Lipinski definition) is 6. The van der Waals surface area contributed by atoms with Gasteiger partial charge in [0.25, 0.3) is 0 Å². The first-order valence-corrected chi connectivity index (χ1v) is 14.9. The molecule has 0 spiro atoms. The van der Waals surface area contributed by atoms with Crippen molar-refractivity contribution in [3.05, 3.63) is 70.1 Å². The first-order chi connectivity index (χ1) is 19.6. The predicted molar refractivity (Wildman–Crippen MR) is 159 cm³/mol. The van der Waals surface area contributed by atoms with Gasteiger partial charge in [0.15, 0.2) is 11.2 Å². The lowest BCUT2D eigenvalue weighted by molar-refractivity contribution is 0.381. The number of pyridine rings is 2. The van der Waals surface area contributed by atoms with Crippen molar-refractivity contribution in [1.29, 1.82) is 0 Å². The van der Waals surface area contributed by atoms with Crippen molar-refractivity contribution >= 4 is 43.3 Å². The second-order valence-electron chi connectivity index (χ2n) is 10.9. The molecule has 10 heteroatoms. The minimum Gasteiger partial charge on any atom is -0.357 e. The molecule has 2 N–H and O–H groups in total. The topological polar surface area (TPSA) is 106 Å². The third-order valence-corrected chi connectivity index (χ3v) is 8.05. The lowest BCUT2D eigenvalue weighted by Gasteiger charge is -2.28. The second-order valence-corrected chi connectivity index (χ2v) is 11.9. The van der Waals surface area contributed by atoms with Crippen LogP contribution in [-0.2, 0) is 16.9 Å². The Morgan fingerprint density at radius 1 is 1.15 bits per heavy atom. The summed E-state index contributed by atoms with van der Waals surface area (Å²) in [6, 6.07) is 11.1. The van der Waals surface area contributed by atoms with Crippen molar-refractivity contribution in [2.75, 3.05) is 13.1 Å². The van der Waals surface area contributed by atoms with Gasteiger partial charge in [0.2, 0.25) is 0 Å². The molecule has 210 valence electrons. The van der Waals surface area contributed by atoms with E-state index < -0.39 is 10.5 Å². The molecule has 3 aromatic heterocycles. The molecule has 4 heterocycles.